The van der Waals surface area contributed by atoms with Crippen LogP contribution >= 0.6 is 0 Å². The summed E-state index contributed by atoms with van der Waals surface area (Å²) in [6.07, 6.45) is 6.01. The molecule has 0 radical (unpaired) electrons. The maximum absolute atomic E-state index is 11.6. The molecule has 1 N–H and O–H groups in total. The molecule has 0 amide bonds. The summed E-state index contributed by atoms with van der Waals surface area (Å²) in [4.78, 5) is 32.3. The van der Waals surface area contributed by atoms with Crippen molar-refractivity contribution >= 4 is 23.0 Å². The van der Waals surface area contributed by atoms with E-state index in [9.17, 15) is 25.0 Å². The van der Waals surface area contributed by atoms with E-state index in [-0.39, 0.29) is 42.8 Å². The van der Waals surface area contributed by atoms with Crippen LogP contribution in [0.15, 0.2) is 18.2 Å². The summed E-state index contributed by atoms with van der Waals surface area (Å²) in [5.74, 6) is -0.159. The standard InChI is InChI=1S/C40H71N3O18/c1-2-3-4-5-6-7-40(44)61-35-34-60-33-32-59-31-30-58-29-28-57-27-26-56-25-24-55-23-22-54-21-20-53-19-18-52-17-16-51-15-14-50-13-12-49-11-10-41-38-9-8-37(42(45)46)36-39(38)43(47)48/h8-9,36,41H,2-7,10-35H2,1H3. The number of nitro benzene ring substituents is 2. The number of unbranched alkanes of at least 4 members (excludes halogenated alkanes) is 4. The van der Waals surface area contributed by atoms with Crippen LogP contribution in [0.1, 0.15) is 45.4 Å². The molecule has 0 fully saturated rings. The second-order valence-corrected chi connectivity index (χ2v) is 12.9. The predicted octanol–water partition coefficient (Wildman–Crippen LogP) is 4.02. The number of nitrogens with zero attached hydrogens (tertiary/aromatic N) is 2. The van der Waals surface area contributed by atoms with Gasteiger partial charge < -0.3 is 66.9 Å². The molecular weight excluding hydrogens is 810 g/mol. The van der Waals surface area contributed by atoms with Crippen LogP contribution in [0, 0.1) is 20.2 Å². The normalized spacial score (nSPS) is 11.3. The van der Waals surface area contributed by atoms with Gasteiger partial charge in [0.1, 0.15) is 12.3 Å². The molecule has 0 aromatic heterocycles. The lowest BCUT2D eigenvalue weighted by Crippen LogP contribution is -2.16. The molecule has 0 aliphatic rings. The van der Waals surface area contributed by atoms with E-state index in [4.69, 9.17) is 61.6 Å². The van der Waals surface area contributed by atoms with Crippen molar-refractivity contribution in [2.45, 2.75) is 45.4 Å². The van der Waals surface area contributed by atoms with Crippen molar-refractivity contribution in [3.63, 3.8) is 0 Å². The van der Waals surface area contributed by atoms with E-state index in [2.05, 4.69) is 12.2 Å². The minimum absolute atomic E-state index is 0.159. The lowest BCUT2D eigenvalue weighted by atomic mass is 10.1. The molecular formula is C40H71N3O18. The van der Waals surface area contributed by atoms with Gasteiger partial charge >= 0.3 is 5.97 Å². The van der Waals surface area contributed by atoms with Gasteiger partial charge in [-0.15, -0.1) is 0 Å². The number of benzene rings is 1. The third kappa shape index (κ3) is 37.1. The molecule has 0 atom stereocenters. The van der Waals surface area contributed by atoms with E-state index in [0.717, 1.165) is 18.9 Å². The van der Waals surface area contributed by atoms with Crippen molar-refractivity contribution in [2.24, 2.45) is 0 Å². The molecule has 0 aliphatic carbocycles. The number of rotatable bonds is 48. The Hall–Kier alpha value is -3.19. The minimum Gasteiger partial charge on any atom is -0.463 e. The molecule has 21 nitrogen and oxygen atoms in total. The van der Waals surface area contributed by atoms with Gasteiger partial charge in [-0.1, -0.05) is 32.6 Å². The van der Waals surface area contributed by atoms with Gasteiger partial charge in [0.15, 0.2) is 0 Å². The highest BCUT2D eigenvalue weighted by atomic mass is 16.6. The minimum atomic E-state index is -0.683. The maximum atomic E-state index is 11.6. The van der Waals surface area contributed by atoms with Crippen LogP contribution in [0.3, 0.4) is 0 Å². The van der Waals surface area contributed by atoms with Crippen LogP contribution in [0.5, 0.6) is 0 Å². The van der Waals surface area contributed by atoms with Crippen molar-refractivity contribution in [3.05, 3.63) is 38.4 Å². The maximum Gasteiger partial charge on any atom is 0.305 e. The smallest absolute Gasteiger partial charge is 0.305 e. The largest absolute Gasteiger partial charge is 0.463 e. The monoisotopic (exact) mass is 881 g/mol. The first kappa shape index (κ1) is 55.8. The molecule has 0 saturated heterocycles. The summed E-state index contributed by atoms with van der Waals surface area (Å²) in [5, 5.41) is 24.8. The zero-order valence-electron chi connectivity index (χ0n) is 36.1. The molecule has 0 unspecified atom stereocenters. The van der Waals surface area contributed by atoms with Crippen LogP contribution in [0.25, 0.3) is 0 Å². The summed E-state index contributed by atoms with van der Waals surface area (Å²) in [7, 11) is 0. The summed E-state index contributed by atoms with van der Waals surface area (Å²) in [6.45, 7) is 13.1. The van der Waals surface area contributed by atoms with Crippen LogP contribution < -0.4 is 5.32 Å². The first-order valence-electron chi connectivity index (χ1n) is 21.2. The van der Waals surface area contributed by atoms with Gasteiger partial charge in [0, 0.05) is 19.0 Å². The first-order valence-corrected chi connectivity index (χ1v) is 21.2. The lowest BCUT2D eigenvalue weighted by molar-refractivity contribution is -0.393. The average molecular weight is 882 g/mol. The van der Waals surface area contributed by atoms with Gasteiger partial charge in [-0.05, 0) is 12.5 Å². The second kappa shape index (κ2) is 43.5. The number of hydrogen-bond donors (Lipinski definition) is 1. The molecule has 61 heavy (non-hydrogen) atoms. The summed E-state index contributed by atoms with van der Waals surface area (Å²) in [6, 6.07) is 3.42. The highest BCUT2D eigenvalue weighted by molar-refractivity contribution is 5.69. The second-order valence-electron chi connectivity index (χ2n) is 12.9. The molecule has 0 bridgehead atoms. The third-order valence-corrected chi connectivity index (χ3v) is 8.02. The number of ether oxygens (including phenoxy) is 13. The van der Waals surface area contributed by atoms with Crippen molar-refractivity contribution in [3.8, 4) is 0 Å². The molecule has 0 aliphatic heterocycles. The van der Waals surface area contributed by atoms with E-state index in [0.29, 0.717) is 158 Å². The zero-order chi connectivity index (χ0) is 44.1. The average Bonchev–Trinajstić information content (AvgIpc) is 3.25. The van der Waals surface area contributed by atoms with Crippen LogP contribution in [-0.4, -0.2) is 188 Å². The summed E-state index contributed by atoms with van der Waals surface area (Å²) < 4.78 is 70.7. The van der Waals surface area contributed by atoms with Gasteiger partial charge in [-0.25, -0.2) is 0 Å². The summed E-state index contributed by atoms with van der Waals surface area (Å²) in [5.41, 5.74) is -0.537. The van der Waals surface area contributed by atoms with Gasteiger partial charge in [0.05, 0.1) is 174 Å². The molecule has 21 heteroatoms. The fourth-order valence-corrected chi connectivity index (χ4v) is 4.87. The Kier molecular flexibility index (Phi) is 39.8. The molecule has 1 aromatic carbocycles. The number of nitro groups is 2. The molecule has 354 valence electrons. The number of nitrogens with one attached hydrogen (secondary N) is 1. The number of esters is 1. The van der Waals surface area contributed by atoms with Crippen LogP contribution in [0.2, 0.25) is 0 Å². The quantitative estimate of drug-likeness (QED) is 0.0421. The van der Waals surface area contributed by atoms with E-state index < -0.39 is 9.85 Å². The van der Waals surface area contributed by atoms with Gasteiger partial charge in [0.2, 0.25) is 0 Å². The topological polar surface area (TPSA) is 235 Å². The zero-order valence-corrected chi connectivity index (χ0v) is 36.1. The third-order valence-electron chi connectivity index (χ3n) is 8.02. The molecule has 0 spiro atoms. The van der Waals surface area contributed by atoms with E-state index in [1.54, 1.807) is 0 Å². The highest BCUT2D eigenvalue weighted by Crippen LogP contribution is 2.28. The molecule has 0 saturated carbocycles. The predicted molar refractivity (Wildman–Crippen MR) is 222 cm³/mol. The Morgan fingerprint density at radius 2 is 0.820 bits per heavy atom. The lowest BCUT2D eigenvalue weighted by Gasteiger charge is -2.09. The Morgan fingerprint density at radius 1 is 0.475 bits per heavy atom. The van der Waals surface area contributed by atoms with Crippen molar-refractivity contribution in [1.82, 2.24) is 0 Å². The van der Waals surface area contributed by atoms with Crippen molar-refractivity contribution in [2.75, 3.05) is 177 Å². The van der Waals surface area contributed by atoms with Gasteiger partial charge in [-0.3, -0.25) is 25.0 Å². The van der Waals surface area contributed by atoms with E-state index >= 15 is 0 Å². The Bertz CT molecular complexity index is 1190. The Balaban J connectivity index is 1.68. The van der Waals surface area contributed by atoms with E-state index in [1.807, 2.05) is 0 Å². The van der Waals surface area contributed by atoms with Crippen LogP contribution in [0.4, 0.5) is 17.1 Å². The SMILES string of the molecule is CCCCCCCC(=O)OCCOCCOCCOCCOCCOCCOCCOCCOCCOCCOCCOCCOCCNc1ccc([N+](=O)[O-])cc1[N+](=O)[O-]. The number of hydrogen-bond acceptors (Lipinski definition) is 19. The molecule has 1 rings (SSSR count). The van der Waals surface area contributed by atoms with Gasteiger partial charge in [-0.2, -0.15) is 0 Å². The highest BCUT2D eigenvalue weighted by Gasteiger charge is 2.19. The fraction of sp³-hybridized carbons (Fsp3) is 0.825. The number of carbonyl (C=O) groups is 1. The number of carbonyl (C=O) groups excluding carboxylic acids is 1. The fourth-order valence-electron chi connectivity index (χ4n) is 4.87. The Labute approximate surface area is 359 Å². The number of anilines is 1. The van der Waals surface area contributed by atoms with Crippen molar-refractivity contribution < 1.29 is 76.2 Å². The molecule has 0 heterocycles. The van der Waals surface area contributed by atoms with Gasteiger partial charge in [0.25, 0.3) is 11.4 Å². The molecule has 1 aromatic rings. The van der Waals surface area contributed by atoms with Crippen LogP contribution in [-0.2, 0) is 66.4 Å². The number of non-ortho nitro benzene ring substituents is 1. The summed E-state index contributed by atoms with van der Waals surface area (Å²) >= 11 is 0. The van der Waals surface area contributed by atoms with Crippen molar-refractivity contribution in [1.29, 1.82) is 0 Å². The first-order chi connectivity index (χ1) is 30.0. The van der Waals surface area contributed by atoms with E-state index in [1.165, 1.54) is 31.4 Å². The Morgan fingerprint density at radius 3 is 1.16 bits per heavy atom.